The molecule has 0 unspecified atom stereocenters. The van der Waals surface area contributed by atoms with Crippen LogP contribution in [0.15, 0.2) is 47.4 Å². The van der Waals surface area contributed by atoms with E-state index in [0.717, 1.165) is 41.4 Å². The predicted molar refractivity (Wildman–Crippen MR) is 124 cm³/mol. The van der Waals surface area contributed by atoms with Crippen LogP contribution in [0.3, 0.4) is 0 Å². The number of nitrogens with zero attached hydrogens (tertiary/aromatic N) is 2. The minimum absolute atomic E-state index is 0.102. The molecule has 0 saturated carbocycles. The summed E-state index contributed by atoms with van der Waals surface area (Å²) in [4.78, 5) is 18.4. The molecule has 2 aromatic carbocycles. The number of aromatic nitrogens is 1. The van der Waals surface area contributed by atoms with Gasteiger partial charge in [0.15, 0.2) is 0 Å². The highest BCUT2D eigenvalue weighted by Gasteiger charge is 2.28. The lowest BCUT2D eigenvalue weighted by molar-refractivity contribution is 0.0730. The summed E-state index contributed by atoms with van der Waals surface area (Å²) in [6.07, 6.45) is 2.59. The van der Waals surface area contributed by atoms with E-state index in [2.05, 4.69) is 5.32 Å². The lowest BCUT2D eigenvalue weighted by Crippen LogP contribution is -2.40. The molecule has 3 aromatic rings. The van der Waals surface area contributed by atoms with Crippen LogP contribution < -0.4 is 10.1 Å². The van der Waals surface area contributed by atoms with Crippen LogP contribution in [0.25, 0.3) is 10.9 Å². The number of methoxy groups -OCH3 is 1. The molecule has 1 aliphatic heterocycles. The second-order valence-electron chi connectivity index (χ2n) is 8.12. The van der Waals surface area contributed by atoms with E-state index in [-0.39, 0.29) is 10.8 Å². The Bertz CT molecular complexity index is 1330. The number of fused-ring (bicyclic) bond motifs is 2. The van der Waals surface area contributed by atoms with Crippen LogP contribution in [0, 0.1) is 0 Å². The van der Waals surface area contributed by atoms with E-state index in [1.807, 2.05) is 24.3 Å². The van der Waals surface area contributed by atoms with Crippen molar-refractivity contribution in [3.63, 3.8) is 0 Å². The number of benzene rings is 2. The lowest BCUT2D eigenvalue weighted by Gasteiger charge is -2.26. The Kier molecular flexibility index (Phi) is 5.77. The van der Waals surface area contributed by atoms with E-state index in [1.54, 1.807) is 6.07 Å². The average Bonchev–Trinajstić information content (AvgIpc) is 3.31. The van der Waals surface area contributed by atoms with Crippen molar-refractivity contribution in [2.24, 2.45) is 0 Å². The third-order valence-electron chi connectivity index (χ3n) is 6.17. The molecule has 1 aromatic heterocycles. The molecule has 5 rings (SSSR count). The molecule has 0 atom stereocenters. The standard InChI is InChI=1S/C24H25N3O5S/c1-31-22-10-9-16(33(29,30)27-11-13-32-14-12-27)15-21(22)26-24(28)23-17-5-2-3-7-19(17)25-20-8-4-6-18(20)23/h2-3,5,7,9-10,15H,4,6,8,11-14H2,1H3,(H,26,28). The number of hydrogen-bond acceptors (Lipinski definition) is 6. The molecule has 33 heavy (non-hydrogen) atoms. The molecular weight excluding hydrogens is 442 g/mol. The van der Waals surface area contributed by atoms with Gasteiger partial charge in [0.05, 0.1) is 42.0 Å². The first kappa shape index (κ1) is 21.8. The number of ether oxygens (including phenoxy) is 2. The molecule has 0 spiro atoms. The molecular formula is C24H25N3O5S. The highest BCUT2D eigenvalue weighted by atomic mass is 32.2. The van der Waals surface area contributed by atoms with E-state index in [1.165, 1.54) is 23.5 Å². The van der Waals surface area contributed by atoms with Gasteiger partial charge < -0.3 is 14.8 Å². The maximum Gasteiger partial charge on any atom is 0.256 e. The van der Waals surface area contributed by atoms with Gasteiger partial charge in [0, 0.05) is 24.2 Å². The summed E-state index contributed by atoms with van der Waals surface area (Å²) in [6, 6.07) is 12.1. The van der Waals surface area contributed by atoms with E-state index in [4.69, 9.17) is 14.5 Å². The van der Waals surface area contributed by atoms with E-state index in [0.29, 0.717) is 43.3 Å². The number of pyridine rings is 1. The van der Waals surface area contributed by atoms with Gasteiger partial charge in [-0.15, -0.1) is 0 Å². The van der Waals surface area contributed by atoms with E-state index in [9.17, 15) is 13.2 Å². The summed E-state index contributed by atoms with van der Waals surface area (Å²) in [5.74, 6) is 0.0882. The summed E-state index contributed by atoms with van der Waals surface area (Å²) in [6.45, 7) is 1.31. The molecule has 1 aliphatic carbocycles. The normalized spacial score (nSPS) is 16.5. The minimum atomic E-state index is -3.72. The number of nitrogens with one attached hydrogen (secondary N) is 1. The Labute approximate surface area is 192 Å². The van der Waals surface area contributed by atoms with Gasteiger partial charge >= 0.3 is 0 Å². The van der Waals surface area contributed by atoms with E-state index < -0.39 is 10.0 Å². The third kappa shape index (κ3) is 3.96. The smallest absolute Gasteiger partial charge is 0.256 e. The topological polar surface area (TPSA) is 97.8 Å². The second-order valence-corrected chi connectivity index (χ2v) is 10.1. The SMILES string of the molecule is COc1ccc(S(=O)(=O)N2CCOCC2)cc1NC(=O)c1c2c(nc3ccccc13)CCC2. The first-order valence-corrected chi connectivity index (χ1v) is 12.4. The monoisotopic (exact) mass is 467 g/mol. The van der Waals surface area contributed by atoms with Crippen molar-refractivity contribution in [3.05, 3.63) is 59.3 Å². The van der Waals surface area contributed by atoms with Crippen molar-refractivity contribution in [2.45, 2.75) is 24.2 Å². The third-order valence-corrected chi connectivity index (χ3v) is 8.07. The van der Waals surface area contributed by atoms with Gasteiger partial charge in [-0.2, -0.15) is 4.31 Å². The van der Waals surface area contributed by atoms with Crippen LogP contribution in [0.5, 0.6) is 5.75 Å². The zero-order valence-corrected chi connectivity index (χ0v) is 19.2. The van der Waals surface area contributed by atoms with Crippen molar-refractivity contribution < 1.29 is 22.7 Å². The highest BCUT2D eigenvalue weighted by molar-refractivity contribution is 7.89. The van der Waals surface area contributed by atoms with E-state index >= 15 is 0 Å². The number of carbonyl (C=O) groups excluding carboxylic acids is 1. The Balaban J connectivity index is 1.54. The molecule has 1 amide bonds. The van der Waals surface area contributed by atoms with Crippen LogP contribution in [0.1, 0.15) is 28.0 Å². The number of para-hydroxylation sites is 1. The molecule has 0 radical (unpaired) electrons. The summed E-state index contributed by atoms with van der Waals surface area (Å²) in [7, 11) is -2.23. The molecule has 8 nitrogen and oxygen atoms in total. The fourth-order valence-corrected chi connectivity index (χ4v) is 5.97. The fraction of sp³-hybridized carbons (Fsp3) is 0.333. The van der Waals surface area contributed by atoms with Gasteiger partial charge in [0.25, 0.3) is 5.91 Å². The number of amides is 1. The number of anilines is 1. The summed E-state index contributed by atoms with van der Waals surface area (Å²) < 4.78 is 38.4. The summed E-state index contributed by atoms with van der Waals surface area (Å²) >= 11 is 0. The largest absolute Gasteiger partial charge is 0.495 e. The molecule has 2 aliphatic rings. The van der Waals surface area contributed by atoms with Crippen LogP contribution in [-0.4, -0.2) is 57.0 Å². The number of rotatable bonds is 5. The van der Waals surface area contributed by atoms with Gasteiger partial charge in [0.1, 0.15) is 5.75 Å². The fourth-order valence-electron chi connectivity index (χ4n) is 4.54. The summed E-state index contributed by atoms with van der Waals surface area (Å²) in [5, 5.41) is 3.70. The maximum atomic E-state index is 13.5. The van der Waals surface area contributed by atoms with Gasteiger partial charge in [0.2, 0.25) is 10.0 Å². The molecule has 2 heterocycles. The first-order chi connectivity index (χ1) is 16.0. The Morgan fingerprint density at radius 2 is 1.91 bits per heavy atom. The quantitative estimate of drug-likeness (QED) is 0.620. The Morgan fingerprint density at radius 3 is 2.70 bits per heavy atom. The minimum Gasteiger partial charge on any atom is -0.495 e. The molecule has 1 fully saturated rings. The van der Waals surface area contributed by atoms with Gasteiger partial charge in [-0.25, -0.2) is 8.42 Å². The van der Waals surface area contributed by atoms with Gasteiger partial charge in [-0.1, -0.05) is 18.2 Å². The molecule has 1 N–H and O–H groups in total. The number of carbonyl (C=O) groups is 1. The van der Waals surface area contributed by atoms with Crippen LogP contribution in [-0.2, 0) is 27.6 Å². The first-order valence-electron chi connectivity index (χ1n) is 11.0. The van der Waals surface area contributed by atoms with Crippen LogP contribution >= 0.6 is 0 Å². The Morgan fingerprint density at radius 1 is 1.12 bits per heavy atom. The number of sulfonamides is 1. The number of morpholine rings is 1. The number of hydrogen-bond donors (Lipinski definition) is 1. The molecule has 9 heteroatoms. The van der Waals surface area contributed by atoms with Crippen molar-refractivity contribution in [3.8, 4) is 5.75 Å². The van der Waals surface area contributed by atoms with Gasteiger partial charge in [-0.3, -0.25) is 9.78 Å². The molecule has 172 valence electrons. The number of aryl methyl sites for hydroxylation is 1. The average molecular weight is 468 g/mol. The molecule has 0 bridgehead atoms. The van der Waals surface area contributed by atoms with Gasteiger partial charge in [-0.05, 0) is 49.1 Å². The zero-order valence-electron chi connectivity index (χ0n) is 18.3. The van der Waals surface area contributed by atoms with Crippen molar-refractivity contribution in [1.82, 2.24) is 9.29 Å². The van der Waals surface area contributed by atoms with Crippen molar-refractivity contribution in [1.29, 1.82) is 0 Å². The Hall–Kier alpha value is -3.01. The molecule has 1 saturated heterocycles. The second kappa shape index (κ2) is 8.74. The highest BCUT2D eigenvalue weighted by Crippen LogP contribution is 2.33. The predicted octanol–water partition coefficient (Wildman–Crippen LogP) is 3.01. The maximum absolute atomic E-state index is 13.5. The van der Waals surface area contributed by atoms with Crippen LogP contribution in [0.2, 0.25) is 0 Å². The van der Waals surface area contributed by atoms with Crippen LogP contribution in [0.4, 0.5) is 5.69 Å². The zero-order chi connectivity index (χ0) is 23.0. The summed E-state index contributed by atoms with van der Waals surface area (Å²) in [5.41, 5.74) is 3.59. The van der Waals surface area contributed by atoms with Crippen molar-refractivity contribution >= 4 is 32.5 Å². The lowest BCUT2D eigenvalue weighted by atomic mass is 10.0. The van der Waals surface area contributed by atoms with Crippen molar-refractivity contribution in [2.75, 3.05) is 38.7 Å².